The van der Waals surface area contributed by atoms with E-state index in [2.05, 4.69) is 13.8 Å². The number of ketones is 1. The molecule has 126 valence electrons. The maximum atomic E-state index is 12.2. The zero-order chi connectivity index (χ0) is 16.0. The molecule has 0 bridgehead atoms. The molecule has 0 aromatic heterocycles. The molecule has 3 heteroatoms. The summed E-state index contributed by atoms with van der Waals surface area (Å²) < 4.78 is 0. The molecule has 3 saturated carbocycles. The van der Waals surface area contributed by atoms with Gasteiger partial charge in [-0.1, -0.05) is 13.8 Å². The largest absolute Gasteiger partial charge is 0.396 e. The molecule has 0 spiro atoms. The van der Waals surface area contributed by atoms with E-state index in [1.165, 1.54) is 6.42 Å². The van der Waals surface area contributed by atoms with Crippen molar-refractivity contribution in [3.8, 4) is 0 Å². The maximum absolute atomic E-state index is 12.2. The van der Waals surface area contributed by atoms with Crippen molar-refractivity contribution in [2.75, 3.05) is 6.61 Å². The first-order valence-electron chi connectivity index (χ1n) is 9.22. The van der Waals surface area contributed by atoms with Gasteiger partial charge >= 0.3 is 0 Å². The van der Waals surface area contributed by atoms with Gasteiger partial charge in [-0.3, -0.25) is 4.79 Å². The van der Waals surface area contributed by atoms with E-state index >= 15 is 0 Å². The predicted molar refractivity (Wildman–Crippen MR) is 86.3 cm³/mol. The quantitative estimate of drug-likeness (QED) is 0.841. The van der Waals surface area contributed by atoms with Gasteiger partial charge in [0.25, 0.3) is 0 Å². The van der Waals surface area contributed by atoms with Crippen LogP contribution in [0, 0.1) is 28.6 Å². The zero-order valence-electron chi connectivity index (χ0n) is 14.2. The third kappa shape index (κ3) is 2.54. The smallest absolute Gasteiger partial charge is 0.139 e. The first-order chi connectivity index (χ1) is 10.4. The molecule has 0 amide bonds. The summed E-state index contributed by atoms with van der Waals surface area (Å²) in [4.78, 5) is 12.2. The van der Waals surface area contributed by atoms with E-state index in [1.807, 2.05) is 0 Å². The Labute approximate surface area is 134 Å². The van der Waals surface area contributed by atoms with Crippen LogP contribution in [0.15, 0.2) is 0 Å². The van der Waals surface area contributed by atoms with E-state index in [4.69, 9.17) is 0 Å². The monoisotopic (exact) mass is 308 g/mol. The lowest BCUT2D eigenvalue weighted by atomic mass is 9.52. The third-order valence-electron chi connectivity index (χ3n) is 7.75. The molecule has 0 aromatic rings. The molecule has 3 aliphatic carbocycles. The Balaban J connectivity index is 1.76. The summed E-state index contributed by atoms with van der Waals surface area (Å²) in [5.41, 5.74) is 0.183. The van der Waals surface area contributed by atoms with Gasteiger partial charge in [-0.15, -0.1) is 0 Å². The summed E-state index contributed by atoms with van der Waals surface area (Å²) in [6.07, 6.45) is 8.66. The van der Waals surface area contributed by atoms with Crippen LogP contribution in [0.5, 0.6) is 0 Å². The van der Waals surface area contributed by atoms with Gasteiger partial charge < -0.3 is 10.2 Å². The van der Waals surface area contributed by atoms with Crippen LogP contribution >= 0.6 is 0 Å². The van der Waals surface area contributed by atoms with E-state index in [-0.39, 0.29) is 23.5 Å². The summed E-state index contributed by atoms with van der Waals surface area (Å²) in [6, 6.07) is 0. The molecule has 0 aliphatic heterocycles. The SMILES string of the molecule is C[C@]12CCC([C@@]3(C)CC[C@@H](O)C[C@@H]3CCO)CC1CCC2=O. The molecule has 3 nitrogen and oxygen atoms in total. The Morgan fingerprint density at radius 3 is 2.59 bits per heavy atom. The third-order valence-corrected chi connectivity index (χ3v) is 7.75. The molecule has 3 rings (SSSR count). The van der Waals surface area contributed by atoms with E-state index in [0.717, 1.165) is 51.4 Å². The molecule has 3 aliphatic rings. The lowest BCUT2D eigenvalue weighted by molar-refractivity contribution is -0.130. The van der Waals surface area contributed by atoms with Gasteiger partial charge in [0, 0.05) is 18.4 Å². The fourth-order valence-electron chi connectivity index (χ4n) is 5.93. The topological polar surface area (TPSA) is 57.5 Å². The number of rotatable bonds is 3. The number of aliphatic hydroxyl groups excluding tert-OH is 2. The van der Waals surface area contributed by atoms with Gasteiger partial charge in [-0.25, -0.2) is 0 Å². The van der Waals surface area contributed by atoms with Crippen LogP contribution in [-0.2, 0) is 4.79 Å². The Kier molecular flexibility index (Phi) is 4.41. The highest BCUT2D eigenvalue weighted by molar-refractivity contribution is 5.87. The number of hydrogen-bond donors (Lipinski definition) is 2. The molecule has 0 aromatic carbocycles. The number of hydrogen-bond acceptors (Lipinski definition) is 3. The lowest BCUT2D eigenvalue weighted by Gasteiger charge is -2.52. The molecular formula is C19H32O3. The van der Waals surface area contributed by atoms with E-state index in [9.17, 15) is 15.0 Å². The van der Waals surface area contributed by atoms with Gasteiger partial charge in [0.2, 0.25) is 0 Å². The Bertz CT molecular complexity index is 434. The second-order valence-electron chi connectivity index (χ2n) is 8.69. The minimum absolute atomic E-state index is 0.0481. The van der Waals surface area contributed by atoms with Crippen LogP contribution in [0.25, 0.3) is 0 Å². The average Bonchev–Trinajstić information content (AvgIpc) is 2.79. The average molecular weight is 308 g/mol. The van der Waals surface area contributed by atoms with Crippen LogP contribution < -0.4 is 0 Å². The zero-order valence-corrected chi connectivity index (χ0v) is 14.2. The van der Waals surface area contributed by atoms with Crippen molar-refractivity contribution in [3.63, 3.8) is 0 Å². The molecule has 6 atom stereocenters. The summed E-state index contributed by atoms with van der Waals surface area (Å²) in [5, 5.41) is 19.5. The van der Waals surface area contributed by atoms with Crippen molar-refractivity contribution < 1.29 is 15.0 Å². The number of carbonyl (C=O) groups excluding carboxylic acids is 1. The standard InChI is InChI=1S/C19H32O3/c1-18(9-6-16(21)12-15(18)7-10-20)14-5-8-19(2)13(11-14)3-4-17(19)22/h13-16,20-21H,3-12H2,1-2H3/t13?,14?,15-,16+,18+,19-/m0/s1. The number of fused-ring (bicyclic) bond motifs is 1. The Morgan fingerprint density at radius 2 is 1.86 bits per heavy atom. The van der Waals surface area contributed by atoms with Crippen LogP contribution in [0.3, 0.4) is 0 Å². The van der Waals surface area contributed by atoms with E-state index in [0.29, 0.717) is 23.5 Å². The second kappa shape index (κ2) is 5.90. The predicted octanol–water partition coefficient (Wildman–Crippen LogP) is 3.32. The molecule has 3 fully saturated rings. The molecule has 0 radical (unpaired) electrons. The first-order valence-corrected chi connectivity index (χ1v) is 9.22. The van der Waals surface area contributed by atoms with Crippen molar-refractivity contribution in [1.29, 1.82) is 0 Å². The van der Waals surface area contributed by atoms with Gasteiger partial charge in [0.05, 0.1) is 6.10 Å². The van der Waals surface area contributed by atoms with Crippen LogP contribution in [-0.4, -0.2) is 28.7 Å². The Morgan fingerprint density at radius 1 is 1.09 bits per heavy atom. The van der Waals surface area contributed by atoms with Gasteiger partial charge in [0.15, 0.2) is 0 Å². The van der Waals surface area contributed by atoms with E-state index in [1.54, 1.807) is 0 Å². The number of Topliss-reactive ketones (excluding diaryl/α,β-unsaturated/α-hetero) is 1. The molecule has 0 heterocycles. The maximum Gasteiger partial charge on any atom is 0.139 e. The second-order valence-corrected chi connectivity index (χ2v) is 8.69. The fraction of sp³-hybridized carbons (Fsp3) is 0.947. The summed E-state index contributed by atoms with van der Waals surface area (Å²) >= 11 is 0. The van der Waals surface area contributed by atoms with Crippen molar-refractivity contribution in [3.05, 3.63) is 0 Å². The van der Waals surface area contributed by atoms with Gasteiger partial charge in [-0.2, -0.15) is 0 Å². The minimum Gasteiger partial charge on any atom is -0.396 e. The van der Waals surface area contributed by atoms with Crippen molar-refractivity contribution in [2.45, 2.75) is 77.7 Å². The molecule has 2 N–H and O–H groups in total. The molecule has 0 saturated heterocycles. The highest BCUT2D eigenvalue weighted by atomic mass is 16.3. The Hall–Kier alpha value is -0.410. The van der Waals surface area contributed by atoms with Gasteiger partial charge in [0.1, 0.15) is 5.78 Å². The lowest BCUT2D eigenvalue weighted by Crippen LogP contribution is -2.46. The van der Waals surface area contributed by atoms with Gasteiger partial charge in [-0.05, 0) is 74.5 Å². The molecular weight excluding hydrogens is 276 g/mol. The van der Waals surface area contributed by atoms with Crippen LogP contribution in [0.1, 0.15) is 71.6 Å². The number of aliphatic hydroxyl groups is 2. The van der Waals surface area contributed by atoms with E-state index < -0.39 is 0 Å². The summed E-state index contributed by atoms with van der Waals surface area (Å²) in [6.45, 7) is 4.81. The number of carbonyl (C=O) groups is 1. The fourth-order valence-corrected chi connectivity index (χ4v) is 5.93. The van der Waals surface area contributed by atoms with Crippen molar-refractivity contribution in [2.24, 2.45) is 28.6 Å². The highest BCUT2D eigenvalue weighted by Gasteiger charge is 2.53. The van der Waals surface area contributed by atoms with Crippen LogP contribution in [0.4, 0.5) is 0 Å². The minimum atomic E-state index is -0.188. The summed E-state index contributed by atoms with van der Waals surface area (Å²) in [7, 11) is 0. The molecule has 22 heavy (non-hydrogen) atoms. The van der Waals surface area contributed by atoms with Crippen molar-refractivity contribution in [1.82, 2.24) is 0 Å². The molecule has 2 unspecified atom stereocenters. The summed E-state index contributed by atoms with van der Waals surface area (Å²) in [5.74, 6) is 2.14. The van der Waals surface area contributed by atoms with Crippen molar-refractivity contribution >= 4 is 5.78 Å². The first kappa shape index (κ1) is 16.4. The van der Waals surface area contributed by atoms with Crippen LogP contribution in [0.2, 0.25) is 0 Å². The normalized spacial score (nSPS) is 49.2. The highest BCUT2D eigenvalue weighted by Crippen LogP contribution is 2.59.